The highest BCUT2D eigenvalue weighted by molar-refractivity contribution is 5.79. The molecule has 0 atom stereocenters. The number of aliphatic imine (C=N–C) groups is 1. The molecule has 1 rings (SSSR count). The van der Waals surface area contributed by atoms with Crippen molar-refractivity contribution in [3.05, 3.63) is 0 Å². The molecule has 1 fully saturated rings. The lowest BCUT2D eigenvalue weighted by molar-refractivity contribution is 0.514. The smallest absolute Gasteiger partial charge is 0.0957 e. The van der Waals surface area contributed by atoms with Crippen LogP contribution in [0.1, 0.15) is 26.7 Å². The van der Waals surface area contributed by atoms with Gasteiger partial charge in [-0.2, -0.15) is 0 Å². The van der Waals surface area contributed by atoms with Gasteiger partial charge in [0.2, 0.25) is 0 Å². The first-order valence-electron chi connectivity index (χ1n) is 4.10. The van der Waals surface area contributed by atoms with Crippen LogP contribution in [0.15, 0.2) is 4.99 Å². The molecule has 0 aromatic heterocycles. The van der Waals surface area contributed by atoms with Crippen LogP contribution in [0.25, 0.3) is 0 Å². The summed E-state index contributed by atoms with van der Waals surface area (Å²) in [7, 11) is 0. The molecule has 0 unspecified atom stereocenters. The molecule has 0 aliphatic carbocycles. The zero-order chi connectivity index (χ0) is 7.40. The molecule has 2 heteroatoms. The Labute approximate surface area is 62.9 Å². The lowest BCUT2D eigenvalue weighted by atomic mass is 10.4. The van der Waals surface area contributed by atoms with E-state index >= 15 is 0 Å². The minimum Gasteiger partial charge on any atom is -0.361 e. The van der Waals surface area contributed by atoms with Gasteiger partial charge >= 0.3 is 0 Å². The predicted octanol–water partition coefficient (Wildman–Crippen LogP) is 1.52. The Morgan fingerprint density at radius 3 is 2.50 bits per heavy atom. The van der Waals surface area contributed by atoms with Gasteiger partial charge in [-0.1, -0.05) is 0 Å². The van der Waals surface area contributed by atoms with Gasteiger partial charge in [0.15, 0.2) is 0 Å². The molecule has 0 N–H and O–H groups in total. The summed E-state index contributed by atoms with van der Waals surface area (Å²) in [6, 6.07) is 0. The van der Waals surface area contributed by atoms with Crippen LogP contribution in [-0.2, 0) is 0 Å². The van der Waals surface area contributed by atoms with E-state index in [0.29, 0.717) is 0 Å². The van der Waals surface area contributed by atoms with Gasteiger partial charge in [0.25, 0.3) is 0 Å². The third-order valence-electron chi connectivity index (χ3n) is 1.95. The van der Waals surface area contributed by atoms with Crippen molar-refractivity contribution in [1.82, 2.24) is 4.90 Å². The monoisotopic (exact) mass is 140 g/mol. The first-order valence-corrected chi connectivity index (χ1v) is 4.10. The Kier molecular flexibility index (Phi) is 2.72. The third kappa shape index (κ3) is 1.72. The Hall–Kier alpha value is -0.530. The predicted molar refractivity (Wildman–Crippen MR) is 44.5 cm³/mol. The van der Waals surface area contributed by atoms with Gasteiger partial charge in [0, 0.05) is 19.6 Å². The van der Waals surface area contributed by atoms with E-state index in [4.69, 9.17) is 0 Å². The molecule has 0 saturated carbocycles. The summed E-state index contributed by atoms with van der Waals surface area (Å²) in [5, 5.41) is 0. The highest BCUT2D eigenvalue weighted by Crippen LogP contribution is 2.07. The van der Waals surface area contributed by atoms with Crippen LogP contribution in [0.2, 0.25) is 0 Å². The van der Waals surface area contributed by atoms with Gasteiger partial charge < -0.3 is 4.90 Å². The van der Waals surface area contributed by atoms with Gasteiger partial charge in [-0.15, -0.1) is 0 Å². The van der Waals surface area contributed by atoms with E-state index in [2.05, 4.69) is 23.7 Å². The van der Waals surface area contributed by atoms with Crippen molar-refractivity contribution in [1.29, 1.82) is 0 Å². The van der Waals surface area contributed by atoms with Crippen molar-refractivity contribution in [2.45, 2.75) is 26.7 Å². The van der Waals surface area contributed by atoms with Crippen LogP contribution in [0, 0.1) is 0 Å². The summed E-state index contributed by atoms with van der Waals surface area (Å²) < 4.78 is 0. The van der Waals surface area contributed by atoms with Crippen LogP contribution in [0.5, 0.6) is 0 Å². The van der Waals surface area contributed by atoms with Crippen molar-refractivity contribution >= 4 is 5.84 Å². The van der Waals surface area contributed by atoms with Gasteiger partial charge in [-0.3, -0.25) is 4.99 Å². The quantitative estimate of drug-likeness (QED) is 0.398. The summed E-state index contributed by atoms with van der Waals surface area (Å²) in [6.45, 7) is 7.54. The van der Waals surface area contributed by atoms with E-state index in [9.17, 15) is 0 Å². The highest BCUT2D eigenvalue weighted by Gasteiger charge is 2.11. The summed E-state index contributed by atoms with van der Waals surface area (Å²) >= 11 is 0. The molecule has 1 aliphatic heterocycles. The minimum absolute atomic E-state index is 0.919. The fraction of sp³-hybridized carbons (Fsp3) is 0.875. The van der Waals surface area contributed by atoms with Crippen LogP contribution in [0.3, 0.4) is 0 Å². The van der Waals surface area contributed by atoms with Gasteiger partial charge in [0.05, 0.1) is 5.84 Å². The number of likely N-dealkylation sites (tertiary alicyclic amines) is 1. The lowest BCUT2D eigenvalue weighted by Crippen LogP contribution is -2.25. The molecule has 0 aromatic rings. The van der Waals surface area contributed by atoms with Crippen LogP contribution in [0.4, 0.5) is 0 Å². The zero-order valence-corrected chi connectivity index (χ0v) is 6.93. The zero-order valence-electron chi connectivity index (χ0n) is 6.93. The fourth-order valence-electron chi connectivity index (χ4n) is 1.37. The van der Waals surface area contributed by atoms with E-state index in [1.165, 1.54) is 31.8 Å². The third-order valence-corrected chi connectivity index (χ3v) is 1.95. The molecule has 1 aliphatic rings. The molecule has 0 amide bonds. The molecule has 1 heterocycles. The summed E-state index contributed by atoms with van der Waals surface area (Å²) in [4.78, 5) is 6.71. The van der Waals surface area contributed by atoms with Gasteiger partial charge in [-0.05, 0) is 26.7 Å². The second-order valence-corrected chi connectivity index (χ2v) is 2.72. The Balaban J connectivity index is 2.39. The molecule has 10 heavy (non-hydrogen) atoms. The molecular formula is C8H16N2. The Morgan fingerprint density at radius 2 is 2.00 bits per heavy atom. The molecule has 0 bridgehead atoms. The van der Waals surface area contributed by atoms with Gasteiger partial charge in [0.1, 0.15) is 0 Å². The number of amidine groups is 1. The highest BCUT2D eigenvalue weighted by atomic mass is 15.2. The van der Waals surface area contributed by atoms with Gasteiger partial charge in [-0.25, -0.2) is 0 Å². The van der Waals surface area contributed by atoms with Crippen molar-refractivity contribution in [2.24, 2.45) is 4.99 Å². The van der Waals surface area contributed by atoms with E-state index in [-0.39, 0.29) is 0 Å². The summed E-state index contributed by atoms with van der Waals surface area (Å²) in [5.41, 5.74) is 0. The van der Waals surface area contributed by atoms with Crippen LogP contribution in [-0.4, -0.2) is 30.4 Å². The second-order valence-electron chi connectivity index (χ2n) is 2.72. The number of rotatable bonds is 1. The molecule has 0 aromatic carbocycles. The maximum Gasteiger partial charge on any atom is 0.0957 e. The molecule has 0 spiro atoms. The van der Waals surface area contributed by atoms with E-state index in [1.807, 2.05) is 0 Å². The average Bonchev–Trinajstić information content (AvgIpc) is 2.38. The Bertz CT molecular complexity index is 123. The molecule has 0 radical (unpaired) electrons. The Morgan fingerprint density at radius 1 is 1.40 bits per heavy atom. The maximum atomic E-state index is 4.35. The molecule has 1 saturated heterocycles. The average molecular weight is 140 g/mol. The largest absolute Gasteiger partial charge is 0.361 e. The maximum absolute atomic E-state index is 4.35. The number of nitrogens with zero attached hydrogens (tertiary/aromatic N) is 2. The number of hydrogen-bond donors (Lipinski definition) is 0. The van der Waals surface area contributed by atoms with Crippen molar-refractivity contribution in [2.75, 3.05) is 19.6 Å². The summed E-state index contributed by atoms with van der Waals surface area (Å²) in [5.74, 6) is 1.22. The standard InChI is InChI=1S/C8H16N2/c1-3-9-8(2)10-6-4-5-7-10/h3-7H2,1-2H3. The van der Waals surface area contributed by atoms with E-state index in [1.54, 1.807) is 0 Å². The summed E-state index contributed by atoms with van der Waals surface area (Å²) in [6.07, 6.45) is 2.69. The molecule has 2 nitrogen and oxygen atoms in total. The molecular weight excluding hydrogens is 124 g/mol. The van der Waals surface area contributed by atoms with Crippen molar-refractivity contribution in [3.8, 4) is 0 Å². The second kappa shape index (κ2) is 3.59. The normalized spacial score (nSPS) is 20.2. The number of hydrogen-bond acceptors (Lipinski definition) is 1. The first kappa shape index (κ1) is 7.58. The van der Waals surface area contributed by atoms with Crippen molar-refractivity contribution < 1.29 is 0 Å². The van der Waals surface area contributed by atoms with Crippen LogP contribution < -0.4 is 0 Å². The van der Waals surface area contributed by atoms with E-state index in [0.717, 1.165) is 6.54 Å². The topological polar surface area (TPSA) is 15.6 Å². The minimum atomic E-state index is 0.919. The van der Waals surface area contributed by atoms with Crippen molar-refractivity contribution in [3.63, 3.8) is 0 Å². The lowest BCUT2D eigenvalue weighted by Gasteiger charge is -2.15. The van der Waals surface area contributed by atoms with E-state index < -0.39 is 0 Å². The SMILES string of the molecule is CCN=C(C)N1CCCC1. The van der Waals surface area contributed by atoms with Crippen LogP contribution >= 0.6 is 0 Å². The molecule has 58 valence electrons. The first-order chi connectivity index (χ1) is 4.84. The fourth-order valence-corrected chi connectivity index (χ4v) is 1.37.